The van der Waals surface area contributed by atoms with Gasteiger partial charge in [0, 0.05) is 10.9 Å². The fourth-order valence-corrected chi connectivity index (χ4v) is 3.23. The van der Waals surface area contributed by atoms with Crippen LogP contribution in [0.1, 0.15) is 17.7 Å². The predicted molar refractivity (Wildman–Crippen MR) is 81.6 cm³/mol. The molecule has 1 aliphatic rings. The lowest BCUT2D eigenvalue weighted by Crippen LogP contribution is -2.25. The van der Waals surface area contributed by atoms with Gasteiger partial charge in [0.15, 0.2) is 0 Å². The minimum atomic E-state index is -0.387. The molecule has 0 radical (unpaired) electrons. The van der Waals surface area contributed by atoms with Crippen molar-refractivity contribution in [3.05, 3.63) is 55.7 Å². The monoisotopic (exact) mass is 308 g/mol. The third-order valence-electron chi connectivity index (χ3n) is 3.35. The molecule has 0 unspecified atom stereocenters. The number of thiophene rings is 1. The molecule has 1 saturated carbocycles. The van der Waals surface area contributed by atoms with E-state index in [0.29, 0.717) is 18.3 Å². The van der Waals surface area contributed by atoms with E-state index in [2.05, 4.69) is 11.0 Å². The van der Waals surface area contributed by atoms with Gasteiger partial charge >= 0.3 is 5.69 Å². The number of halogens is 1. The topological polar surface area (TPSA) is 46.4 Å². The lowest BCUT2D eigenvalue weighted by Gasteiger charge is -2.24. The first-order valence-electron chi connectivity index (χ1n) is 6.39. The second-order valence-corrected chi connectivity index (χ2v) is 6.24. The van der Waals surface area contributed by atoms with E-state index in [4.69, 9.17) is 11.6 Å². The van der Waals surface area contributed by atoms with Crippen molar-refractivity contribution >= 4 is 34.3 Å². The van der Waals surface area contributed by atoms with E-state index in [-0.39, 0.29) is 15.6 Å². The van der Waals surface area contributed by atoms with Crippen LogP contribution in [0.15, 0.2) is 35.7 Å². The Kier molecular flexibility index (Phi) is 3.63. The number of nitro groups is 1. The van der Waals surface area contributed by atoms with Crippen molar-refractivity contribution in [2.24, 2.45) is 0 Å². The Morgan fingerprint density at radius 3 is 2.75 bits per heavy atom. The molecule has 1 aliphatic carbocycles. The molecular formula is C14H13ClN2O2S. The van der Waals surface area contributed by atoms with Crippen LogP contribution in [0.5, 0.6) is 0 Å². The maximum Gasteiger partial charge on any atom is 0.310 e. The molecule has 1 heterocycles. The van der Waals surface area contributed by atoms with Crippen molar-refractivity contribution in [3.8, 4) is 0 Å². The Labute approximate surface area is 125 Å². The van der Waals surface area contributed by atoms with Gasteiger partial charge in [-0.05, 0) is 36.4 Å². The number of rotatable bonds is 5. The first-order valence-corrected chi connectivity index (χ1v) is 7.64. The van der Waals surface area contributed by atoms with E-state index in [1.807, 2.05) is 11.4 Å². The molecule has 0 bridgehead atoms. The van der Waals surface area contributed by atoms with Gasteiger partial charge in [-0.2, -0.15) is 0 Å². The highest BCUT2D eigenvalue weighted by molar-refractivity contribution is 7.09. The first kappa shape index (κ1) is 13.4. The van der Waals surface area contributed by atoms with E-state index in [0.717, 1.165) is 12.8 Å². The maximum absolute atomic E-state index is 11.3. The van der Waals surface area contributed by atoms with Gasteiger partial charge < -0.3 is 4.90 Å². The summed E-state index contributed by atoms with van der Waals surface area (Å²) in [6, 6.07) is 9.56. The third kappa shape index (κ3) is 2.64. The molecule has 0 saturated heterocycles. The van der Waals surface area contributed by atoms with Gasteiger partial charge in [-0.3, -0.25) is 10.1 Å². The van der Waals surface area contributed by atoms with Crippen molar-refractivity contribution in [3.63, 3.8) is 0 Å². The quantitative estimate of drug-likeness (QED) is 0.604. The molecule has 1 fully saturated rings. The van der Waals surface area contributed by atoms with Gasteiger partial charge in [0.2, 0.25) is 0 Å². The Morgan fingerprint density at radius 2 is 2.15 bits per heavy atom. The lowest BCUT2D eigenvalue weighted by molar-refractivity contribution is -0.384. The molecule has 3 rings (SSSR count). The number of para-hydroxylation sites is 1. The summed E-state index contributed by atoms with van der Waals surface area (Å²) in [6.07, 6.45) is 2.16. The molecule has 1 aromatic heterocycles. The molecular weight excluding hydrogens is 296 g/mol. The Morgan fingerprint density at radius 1 is 1.35 bits per heavy atom. The second-order valence-electron chi connectivity index (χ2n) is 4.80. The van der Waals surface area contributed by atoms with E-state index in [1.165, 1.54) is 4.88 Å². The first-order chi connectivity index (χ1) is 9.66. The number of anilines is 1. The Balaban J connectivity index is 1.99. The SMILES string of the molecule is O=[N+]([O-])c1c(Cl)cccc1N(Cc1cccs1)C1CC1. The summed E-state index contributed by atoms with van der Waals surface area (Å²) in [5, 5.41) is 13.5. The fourth-order valence-electron chi connectivity index (χ4n) is 2.28. The van der Waals surface area contributed by atoms with Crippen molar-refractivity contribution < 1.29 is 4.92 Å². The number of hydrogen-bond acceptors (Lipinski definition) is 4. The van der Waals surface area contributed by atoms with Crippen molar-refractivity contribution in [2.75, 3.05) is 4.90 Å². The summed E-state index contributed by atoms with van der Waals surface area (Å²) < 4.78 is 0. The maximum atomic E-state index is 11.3. The summed E-state index contributed by atoms with van der Waals surface area (Å²) in [7, 11) is 0. The van der Waals surface area contributed by atoms with Crippen molar-refractivity contribution in [1.29, 1.82) is 0 Å². The van der Waals surface area contributed by atoms with Crippen molar-refractivity contribution in [2.45, 2.75) is 25.4 Å². The zero-order valence-electron chi connectivity index (χ0n) is 10.7. The normalized spacial score (nSPS) is 14.2. The summed E-state index contributed by atoms with van der Waals surface area (Å²) in [6.45, 7) is 0.698. The molecule has 0 atom stereocenters. The summed E-state index contributed by atoms with van der Waals surface area (Å²) in [4.78, 5) is 14.2. The lowest BCUT2D eigenvalue weighted by atomic mass is 10.2. The predicted octanol–water partition coefficient (Wildman–Crippen LogP) is 4.48. The molecule has 1 aromatic carbocycles. The van der Waals surface area contributed by atoms with Crippen LogP contribution in [0.4, 0.5) is 11.4 Å². The minimum absolute atomic E-state index is 0.0117. The van der Waals surface area contributed by atoms with E-state index < -0.39 is 0 Å². The summed E-state index contributed by atoms with van der Waals surface area (Å²) in [5.74, 6) is 0. The average Bonchev–Trinajstić information content (AvgIpc) is 3.12. The van der Waals surface area contributed by atoms with Crippen LogP contribution in [-0.2, 0) is 6.54 Å². The van der Waals surface area contributed by atoms with Crippen LogP contribution >= 0.6 is 22.9 Å². The highest BCUT2D eigenvalue weighted by atomic mass is 35.5. The van der Waals surface area contributed by atoms with Crippen LogP contribution in [0.3, 0.4) is 0 Å². The van der Waals surface area contributed by atoms with Gasteiger partial charge in [-0.15, -0.1) is 11.3 Å². The van der Waals surface area contributed by atoms with Crippen LogP contribution in [-0.4, -0.2) is 11.0 Å². The molecule has 0 N–H and O–H groups in total. The summed E-state index contributed by atoms with van der Waals surface area (Å²) >= 11 is 7.67. The largest absolute Gasteiger partial charge is 0.358 e. The Bertz CT molecular complexity index is 626. The zero-order chi connectivity index (χ0) is 14.1. The van der Waals surface area contributed by atoms with Gasteiger partial charge in [0.05, 0.1) is 11.5 Å². The molecule has 0 spiro atoms. The third-order valence-corrected chi connectivity index (χ3v) is 4.52. The average molecular weight is 309 g/mol. The fraction of sp³-hybridized carbons (Fsp3) is 0.286. The number of nitrogens with zero attached hydrogens (tertiary/aromatic N) is 2. The number of hydrogen-bond donors (Lipinski definition) is 0. The molecule has 2 aromatic rings. The zero-order valence-corrected chi connectivity index (χ0v) is 12.2. The van der Waals surface area contributed by atoms with Gasteiger partial charge in [0.1, 0.15) is 10.7 Å². The molecule has 6 heteroatoms. The van der Waals surface area contributed by atoms with Gasteiger partial charge in [-0.1, -0.05) is 23.7 Å². The minimum Gasteiger partial charge on any atom is -0.358 e. The molecule has 20 heavy (non-hydrogen) atoms. The van der Waals surface area contributed by atoms with Crippen LogP contribution in [0.2, 0.25) is 5.02 Å². The van der Waals surface area contributed by atoms with E-state index >= 15 is 0 Å². The standard InChI is InChI=1S/C14H13ClN2O2S/c15-12-4-1-5-13(14(12)17(18)19)16(10-6-7-10)9-11-3-2-8-20-11/h1-5,8,10H,6-7,9H2. The van der Waals surface area contributed by atoms with Crippen LogP contribution < -0.4 is 4.90 Å². The van der Waals surface area contributed by atoms with Crippen LogP contribution in [0.25, 0.3) is 0 Å². The second kappa shape index (κ2) is 5.42. The molecule has 104 valence electrons. The van der Waals surface area contributed by atoms with E-state index in [1.54, 1.807) is 29.5 Å². The summed E-state index contributed by atoms with van der Waals surface area (Å²) in [5.41, 5.74) is 0.635. The van der Waals surface area contributed by atoms with Gasteiger partial charge in [-0.25, -0.2) is 0 Å². The molecule has 4 nitrogen and oxygen atoms in total. The van der Waals surface area contributed by atoms with Crippen LogP contribution in [0, 0.1) is 10.1 Å². The smallest absolute Gasteiger partial charge is 0.310 e. The van der Waals surface area contributed by atoms with E-state index in [9.17, 15) is 10.1 Å². The number of benzene rings is 1. The highest BCUT2D eigenvalue weighted by Gasteiger charge is 2.34. The number of nitro benzene ring substituents is 1. The van der Waals surface area contributed by atoms with Gasteiger partial charge in [0.25, 0.3) is 0 Å². The molecule has 0 aliphatic heterocycles. The highest BCUT2D eigenvalue weighted by Crippen LogP contribution is 2.41. The van der Waals surface area contributed by atoms with Crippen molar-refractivity contribution in [1.82, 2.24) is 0 Å². The molecule has 0 amide bonds. The Hall–Kier alpha value is -1.59.